The molecular weight excluding hydrogens is 158 g/mol. The van der Waals surface area contributed by atoms with E-state index in [0.717, 1.165) is 6.42 Å². The van der Waals surface area contributed by atoms with Crippen LogP contribution in [0.3, 0.4) is 0 Å². The van der Waals surface area contributed by atoms with Crippen molar-refractivity contribution >= 4 is 0 Å². The van der Waals surface area contributed by atoms with Gasteiger partial charge in [0.2, 0.25) is 0 Å². The predicted octanol–water partition coefficient (Wildman–Crippen LogP) is 4.21. The van der Waals surface area contributed by atoms with Gasteiger partial charge in [0.25, 0.3) is 0 Å². The van der Waals surface area contributed by atoms with Crippen LogP contribution in [0.4, 0.5) is 0 Å². The Morgan fingerprint density at radius 1 is 1.15 bits per heavy atom. The normalized spacial score (nSPS) is 11.3. The van der Waals surface area contributed by atoms with E-state index in [4.69, 9.17) is 5.26 Å². The monoisotopic (exact) mass is 179 g/mol. The summed E-state index contributed by atoms with van der Waals surface area (Å²) >= 11 is 0. The average molecular weight is 179 g/mol. The Labute approximate surface area is 82.5 Å². The molecule has 74 valence electrons. The lowest BCUT2D eigenvalue weighted by molar-refractivity contribution is 0.606. The van der Waals surface area contributed by atoms with Crippen molar-refractivity contribution in [2.24, 2.45) is 0 Å². The van der Waals surface area contributed by atoms with Crippen LogP contribution in [0, 0.1) is 11.3 Å². The number of nitrogens with zero attached hydrogens (tertiary/aromatic N) is 1. The maximum Gasteiger partial charge on any atom is 0.0911 e. The van der Waals surface area contributed by atoms with Crippen molar-refractivity contribution in [2.45, 2.75) is 58.8 Å². The quantitative estimate of drug-likeness (QED) is 0.424. The average Bonchev–Trinajstić information content (AvgIpc) is 2.11. The van der Waals surface area contributed by atoms with Crippen LogP contribution in [0.15, 0.2) is 11.6 Å². The summed E-state index contributed by atoms with van der Waals surface area (Å²) in [6.07, 6.45) is 10.7. The minimum absolute atomic E-state index is 1.10. The van der Waals surface area contributed by atoms with Crippen LogP contribution >= 0.6 is 0 Å². The molecule has 0 fully saturated rings. The molecule has 0 aromatic carbocycles. The molecule has 0 bridgehead atoms. The molecule has 0 atom stereocenters. The Morgan fingerprint density at radius 3 is 2.38 bits per heavy atom. The van der Waals surface area contributed by atoms with Gasteiger partial charge in [-0.25, -0.2) is 0 Å². The maximum atomic E-state index is 8.38. The second kappa shape index (κ2) is 9.32. The van der Waals surface area contributed by atoms with E-state index < -0.39 is 0 Å². The number of unbranched alkanes of at least 4 members (excludes halogenated alkanes) is 5. The number of nitriles is 1. The fraction of sp³-hybridized carbons (Fsp3) is 0.750. The molecule has 0 unspecified atom stereocenters. The summed E-state index contributed by atoms with van der Waals surface area (Å²) in [5, 5.41) is 8.38. The van der Waals surface area contributed by atoms with Crippen molar-refractivity contribution < 1.29 is 0 Å². The second-order valence-electron chi connectivity index (χ2n) is 3.64. The highest BCUT2D eigenvalue weighted by Crippen LogP contribution is 2.10. The third-order valence-electron chi connectivity index (χ3n) is 2.24. The summed E-state index contributed by atoms with van der Waals surface area (Å²) in [5.74, 6) is 0. The number of rotatable bonds is 7. The first-order chi connectivity index (χ1) is 6.31. The van der Waals surface area contributed by atoms with Crippen molar-refractivity contribution in [3.63, 3.8) is 0 Å². The van der Waals surface area contributed by atoms with Crippen molar-refractivity contribution in [3.05, 3.63) is 11.6 Å². The van der Waals surface area contributed by atoms with E-state index >= 15 is 0 Å². The molecule has 0 heterocycles. The van der Waals surface area contributed by atoms with Crippen LogP contribution in [0.2, 0.25) is 0 Å². The molecule has 0 spiro atoms. The zero-order valence-electron chi connectivity index (χ0n) is 8.97. The molecule has 1 heteroatoms. The number of hydrogen-bond acceptors (Lipinski definition) is 1. The van der Waals surface area contributed by atoms with Gasteiger partial charge >= 0.3 is 0 Å². The molecule has 0 saturated carbocycles. The highest BCUT2D eigenvalue weighted by molar-refractivity contribution is 5.10. The SMILES string of the molecule is CCCCCCCC/C(C)=C/C#N. The zero-order valence-corrected chi connectivity index (χ0v) is 8.97. The highest BCUT2D eigenvalue weighted by atomic mass is 14.2. The van der Waals surface area contributed by atoms with E-state index in [2.05, 4.69) is 13.0 Å². The molecular formula is C12H21N. The molecule has 0 radical (unpaired) electrons. The van der Waals surface area contributed by atoms with Gasteiger partial charge in [-0.2, -0.15) is 5.26 Å². The molecule has 0 saturated heterocycles. The molecule has 0 amide bonds. The fourth-order valence-electron chi connectivity index (χ4n) is 1.37. The third-order valence-corrected chi connectivity index (χ3v) is 2.24. The van der Waals surface area contributed by atoms with Crippen molar-refractivity contribution in [2.75, 3.05) is 0 Å². The van der Waals surface area contributed by atoms with E-state index in [1.165, 1.54) is 44.1 Å². The summed E-state index contributed by atoms with van der Waals surface area (Å²) in [7, 11) is 0. The molecule has 13 heavy (non-hydrogen) atoms. The van der Waals surface area contributed by atoms with Crippen molar-refractivity contribution in [3.8, 4) is 6.07 Å². The first-order valence-corrected chi connectivity index (χ1v) is 5.36. The standard InChI is InChI=1S/C12H21N/c1-3-4-5-6-7-8-9-12(2)10-11-13/h10H,3-9H2,1-2H3/b12-10+. The Kier molecular flexibility index (Phi) is 8.77. The van der Waals surface area contributed by atoms with Gasteiger partial charge in [-0.15, -0.1) is 0 Å². The largest absolute Gasteiger partial charge is 0.193 e. The topological polar surface area (TPSA) is 23.8 Å². The Bertz CT molecular complexity index is 174. The minimum atomic E-state index is 1.10. The first kappa shape index (κ1) is 12.2. The smallest absolute Gasteiger partial charge is 0.0911 e. The fourth-order valence-corrected chi connectivity index (χ4v) is 1.37. The molecule has 0 aromatic rings. The minimum Gasteiger partial charge on any atom is -0.193 e. The lowest BCUT2D eigenvalue weighted by Crippen LogP contribution is -1.81. The van der Waals surface area contributed by atoms with Gasteiger partial charge in [0.1, 0.15) is 0 Å². The first-order valence-electron chi connectivity index (χ1n) is 5.36. The molecule has 1 nitrogen and oxygen atoms in total. The number of hydrogen-bond donors (Lipinski definition) is 0. The summed E-state index contributed by atoms with van der Waals surface area (Å²) in [6.45, 7) is 4.27. The van der Waals surface area contributed by atoms with Gasteiger partial charge in [-0.1, -0.05) is 44.6 Å². The Hall–Kier alpha value is -0.770. The Balaban J connectivity index is 3.17. The summed E-state index contributed by atoms with van der Waals surface area (Å²) in [5.41, 5.74) is 1.22. The van der Waals surface area contributed by atoms with Gasteiger partial charge in [0, 0.05) is 6.08 Å². The molecule has 0 N–H and O–H groups in total. The van der Waals surface area contributed by atoms with Crippen molar-refractivity contribution in [1.82, 2.24) is 0 Å². The van der Waals surface area contributed by atoms with Crippen molar-refractivity contribution in [1.29, 1.82) is 5.26 Å². The zero-order chi connectivity index (χ0) is 9.94. The van der Waals surface area contributed by atoms with Crippen LogP contribution in [0.5, 0.6) is 0 Å². The van der Waals surface area contributed by atoms with Gasteiger partial charge < -0.3 is 0 Å². The van der Waals surface area contributed by atoms with Gasteiger partial charge in [0.15, 0.2) is 0 Å². The molecule has 0 aliphatic carbocycles. The second-order valence-corrected chi connectivity index (χ2v) is 3.64. The summed E-state index contributed by atoms with van der Waals surface area (Å²) in [4.78, 5) is 0. The predicted molar refractivity (Wildman–Crippen MR) is 57.4 cm³/mol. The summed E-state index contributed by atoms with van der Waals surface area (Å²) < 4.78 is 0. The van der Waals surface area contributed by atoms with E-state index in [1.54, 1.807) is 6.08 Å². The van der Waals surface area contributed by atoms with Gasteiger partial charge in [-0.05, 0) is 19.8 Å². The number of allylic oxidation sites excluding steroid dienone is 2. The molecule has 0 aliphatic rings. The molecule has 0 aromatic heterocycles. The molecule has 0 rings (SSSR count). The van der Waals surface area contributed by atoms with Crippen LogP contribution in [-0.2, 0) is 0 Å². The lowest BCUT2D eigenvalue weighted by atomic mass is 10.1. The molecule has 0 aliphatic heterocycles. The van der Waals surface area contributed by atoms with E-state index in [0.29, 0.717) is 0 Å². The van der Waals surface area contributed by atoms with Crippen LogP contribution in [0.25, 0.3) is 0 Å². The van der Waals surface area contributed by atoms with Gasteiger partial charge in [-0.3, -0.25) is 0 Å². The maximum absolute atomic E-state index is 8.38. The lowest BCUT2D eigenvalue weighted by Gasteiger charge is -2.00. The van der Waals surface area contributed by atoms with Crippen LogP contribution in [-0.4, -0.2) is 0 Å². The van der Waals surface area contributed by atoms with Crippen LogP contribution in [0.1, 0.15) is 58.8 Å². The Morgan fingerprint density at radius 2 is 1.77 bits per heavy atom. The summed E-state index contributed by atoms with van der Waals surface area (Å²) in [6, 6.07) is 2.07. The highest BCUT2D eigenvalue weighted by Gasteiger charge is 1.91. The van der Waals surface area contributed by atoms with E-state index in [9.17, 15) is 0 Å². The van der Waals surface area contributed by atoms with Gasteiger partial charge in [0.05, 0.1) is 6.07 Å². The van der Waals surface area contributed by atoms with E-state index in [-0.39, 0.29) is 0 Å². The van der Waals surface area contributed by atoms with E-state index in [1.807, 2.05) is 6.92 Å². The third kappa shape index (κ3) is 9.14. The van der Waals surface area contributed by atoms with Crippen LogP contribution < -0.4 is 0 Å².